The minimum atomic E-state index is -4.70. The van der Waals surface area contributed by atoms with Gasteiger partial charge in [0.25, 0.3) is 5.91 Å². The number of amides is 3. The van der Waals surface area contributed by atoms with Crippen LogP contribution in [-0.4, -0.2) is 17.7 Å². The molecule has 6 nitrogen and oxygen atoms in total. The molecule has 2 atom stereocenters. The number of anilines is 2. The molecule has 3 amide bonds. The number of hydrogen-bond donors (Lipinski definition) is 2. The Labute approximate surface area is 179 Å². The second-order valence-electron chi connectivity index (χ2n) is 7.50. The van der Waals surface area contributed by atoms with Gasteiger partial charge in [0, 0.05) is 5.56 Å². The van der Waals surface area contributed by atoms with Crippen LogP contribution in [0.1, 0.15) is 28.8 Å². The van der Waals surface area contributed by atoms with Gasteiger partial charge in [0.2, 0.25) is 11.8 Å². The molecule has 10 heteroatoms. The summed E-state index contributed by atoms with van der Waals surface area (Å²) in [4.78, 5) is 37.9. The molecule has 2 aromatic rings. The van der Waals surface area contributed by atoms with Crippen molar-refractivity contribution in [3.63, 3.8) is 0 Å². The van der Waals surface area contributed by atoms with Gasteiger partial charge in [-0.2, -0.15) is 13.2 Å². The maximum atomic E-state index is 14.0. The normalized spacial score (nSPS) is 20.6. The average Bonchev–Trinajstić information content (AvgIpc) is 2.77. The highest BCUT2D eigenvalue weighted by Gasteiger charge is 2.42. The Balaban J connectivity index is 1.57. The fourth-order valence-corrected chi connectivity index (χ4v) is 3.76. The summed E-state index contributed by atoms with van der Waals surface area (Å²) in [6, 6.07) is 7.28. The molecule has 1 saturated heterocycles. The first-order chi connectivity index (χ1) is 15.1. The van der Waals surface area contributed by atoms with Crippen LogP contribution in [0.5, 0.6) is 0 Å². The fourth-order valence-electron chi connectivity index (χ4n) is 3.76. The number of fused-ring (bicyclic) bond motifs is 1. The van der Waals surface area contributed by atoms with E-state index in [4.69, 9.17) is 0 Å². The predicted octanol–water partition coefficient (Wildman–Crippen LogP) is 4.06. The second-order valence-corrected chi connectivity index (χ2v) is 7.50. The molecule has 0 radical (unpaired) electrons. The largest absolute Gasteiger partial charge is 0.416 e. The molecular formula is C22H17F4N3O3. The van der Waals surface area contributed by atoms with Crippen molar-refractivity contribution in [3.05, 3.63) is 71.6 Å². The van der Waals surface area contributed by atoms with E-state index in [1.165, 1.54) is 24.3 Å². The number of halogens is 4. The van der Waals surface area contributed by atoms with Gasteiger partial charge in [0.1, 0.15) is 5.82 Å². The average molecular weight is 447 g/mol. The second kappa shape index (κ2) is 8.10. The Kier molecular flexibility index (Phi) is 5.45. The maximum absolute atomic E-state index is 14.0. The van der Waals surface area contributed by atoms with E-state index in [0.29, 0.717) is 31.0 Å². The van der Waals surface area contributed by atoms with Gasteiger partial charge in [-0.15, -0.1) is 0 Å². The van der Waals surface area contributed by atoms with Gasteiger partial charge < -0.3 is 5.32 Å². The van der Waals surface area contributed by atoms with E-state index < -0.39 is 41.0 Å². The summed E-state index contributed by atoms with van der Waals surface area (Å²) >= 11 is 0. The lowest BCUT2D eigenvalue weighted by Gasteiger charge is -2.38. The Bertz CT molecular complexity index is 1130. The van der Waals surface area contributed by atoms with E-state index in [-0.39, 0.29) is 23.1 Å². The van der Waals surface area contributed by atoms with Crippen LogP contribution in [0.25, 0.3) is 0 Å². The molecule has 32 heavy (non-hydrogen) atoms. The lowest BCUT2D eigenvalue weighted by atomic mass is 9.80. The van der Waals surface area contributed by atoms with Crippen molar-refractivity contribution >= 4 is 29.1 Å². The van der Waals surface area contributed by atoms with Crippen molar-refractivity contribution in [2.45, 2.75) is 19.0 Å². The number of allylic oxidation sites excluding steroid dienone is 2. The summed E-state index contributed by atoms with van der Waals surface area (Å²) in [5, 5.41) is 3.18. The van der Waals surface area contributed by atoms with Crippen LogP contribution in [0, 0.1) is 17.7 Å². The van der Waals surface area contributed by atoms with Crippen molar-refractivity contribution in [3.8, 4) is 0 Å². The zero-order valence-corrected chi connectivity index (χ0v) is 16.4. The number of hydrazine groups is 1. The molecule has 1 aliphatic carbocycles. The summed E-state index contributed by atoms with van der Waals surface area (Å²) in [6.07, 6.45) is -0.138. The highest BCUT2D eigenvalue weighted by atomic mass is 19.4. The number of carbonyl (C=O) groups excluding carboxylic acids is 3. The molecule has 2 aliphatic rings. The Morgan fingerprint density at radius 3 is 2.47 bits per heavy atom. The first kappa shape index (κ1) is 21.5. The van der Waals surface area contributed by atoms with Crippen molar-refractivity contribution in [2.24, 2.45) is 11.8 Å². The molecule has 1 heterocycles. The van der Waals surface area contributed by atoms with E-state index in [1.807, 2.05) is 12.2 Å². The number of rotatable bonds is 3. The number of carbonyl (C=O) groups is 3. The van der Waals surface area contributed by atoms with Crippen molar-refractivity contribution < 1.29 is 31.9 Å². The quantitative estimate of drug-likeness (QED) is 0.550. The van der Waals surface area contributed by atoms with Crippen LogP contribution in [-0.2, 0) is 15.8 Å². The van der Waals surface area contributed by atoms with Gasteiger partial charge in [-0.1, -0.05) is 18.2 Å². The molecule has 4 rings (SSSR count). The van der Waals surface area contributed by atoms with Crippen LogP contribution in [0.3, 0.4) is 0 Å². The summed E-state index contributed by atoms with van der Waals surface area (Å²) in [7, 11) is 0. The molecule has 0 aromatic heterocycles. The van der Waals surface area contributed by atoms with Crippen LogP contribution in [0.4, 0.5) is 28.9 Å². The summed E-state index contributed by atoms with van der Waals surface area (Å²) in [5.41, 5.74) is 0.951. The van der Waals surface area contributed by atoms with E-state index >= 15 is 0 Å². The van der Waals surface area contributed by atoms with Crippen LogP contribution >= 0.6 is 0 Å². The number of nitrogens with one attached hydrogen (secondary N) is 2. The monoisotopic (exact) mass is 447 g/mol. The minimum Gasteiger partial charge on any atom is -0.319 e. The Morgan fingerprint density at radius 1 is 1.03 bits per heavy atom. The lowest BCUT2D eigenvalue weighted by molar-refractivity contribution is -0.140. The molecular weight excluding hydrogens is 430 g/mol. The maximum Gasteiger partial charge on any atom is 0.416 e. The molecule has 2 aromatic carbocycles. The van der Waals surface area contributed by atoms with Gasteiger partial charge in [-0.05, 0) is 49.2 Å². The van der Waals surface area contributed by atoms with Crippen molar-refractivity contribution in [1.82, 2.24) is 5.43 Å². The third-order valence-electron chi connectivity index (χ3n) is 5.44. The van der Waals surface area contributed by atoms with Gasteiger partial charge in [0.15, 0.2) is 0 Å². The summed E-state index contributed by atoms with van der Waals surface area (Å²) in [5.74, 6) is -3.54. The smallest absolute Gasteiger partial charge is 0.319 e. The summed E-state index contributed by atoms with van der Waals surface area (Å²) in [6.45, 7) is 0. The molecule has 1 fully saturated rings. The molecule has 1 aliphatic heterocycles. The van der Waals surface area contributed by atoms with Crippen LogP contribution in [0.15, 0.2) is 54.6 Å². The van der Waals surface area contributed by atoms with Crippen molar-refractivity contribution in [2.75, 3.05) is 10.3 Å². The third kappa shape index (κ3) is 4.08. The molecule has 0 unspecified atom stereocenters. The lowest BCUT2D eigenvalue weighted by Crippen LogP contribution is -2.59. The van der Waals surface area contributed by atoms with E-state index in [0.717, 1.165) is 5.01 Å². The number of hydrogen-bond acceptors (Lipinski definition) is 3. The van der Waals surface area contributed by atoms with Crippen molar-refractivity contribution in [1.29, 1.82) is 0 Å². The SMILES string of the molecule is O=C(Nc1cc(C(F)(F)F)ccc1F)c1cccc(N2NC(=O)[C@H]3CC=CC[C@@H]3C2=O)c1. The highest BCUT2D eigenvalue weighted by Crippen LogP contribution is 2.33. The number of benzene rings is 2. The zero-order chi connectivity index (χ0) is 23.0. The Morgan fingerprint density at radius 2 is 1.75 bits per heavy atom. The molecule has 2 N–H and O–H groups in total. The third-order valence-corrected chi connectivity index (χ3v) is 5.44. The summed E-state index contributed by atoms with van der Waals surface area (Å²) < 4.78 is 52.7. The van der Waals surface area contributed by atoms with E-state index in [1.54, 1.807) is 0 Å². The number of nitrogens with zero attached hydrogens (tertiary/aromatic N) is 1. The molecule has 0 saturated carbocycles. The molecule has 0 bridgehead atoms. The zero-order valence-electron chi connectivity index (χ0n) is 16.4. The van der Waals surface area contributed by atoms with E-state index in [2.05, 4.69) is 10.7 Å². The predicted molar refractivity (Wildman–Crippen MR) is 107 cm³/mol. The first-order valence-corrected chi connectivity index (χ1v) is 9.73. The van der Waals surface area contributed by atoms with Gasteiger partial charge in [-0.25, -0.2) is 9.40 Å². The minimum absolute atomic E-state index is 0.0352. The molecule has 166 valence electrons. The first-order valence-electron chi connectivity index (χ1n) is 9.73. The van der Waals surface area contributed by atoms with Gasteiger partial charge in [0.05, 0.1) is 28.8 Å². The van der Waals surface area contributed by atoms with E-state index in [9.17, 15) is 31.9 Å². The van der Waals surface area contributed by atoms with Crippen LogP contribution < -0.4 is 15.8 Å². The highest BCUT2D eigenvalue weighted by molar-refractivity contribution is 6.07. The topological polar surface area (TPSA) is 78.5 Å². The number of alkyl halides is 3. The Hall–Kier alpha value is -3.69. The molecule has 0 spiro atoms. The van der Waals surface area contributed by atoms with Gasteiger partial charge >= 0.3 is 6.18 Å². The standard InChI is InChI=1S/C22H17F4N3O3/c23-17-9-8-13(22(24,25)26)11-18(17)27-19(30)12-4-3-5-14(10-12)29-21(32)16-7-2-1-6-15(16)20(31)28-29/h1-5,8-11,15-16H,6-7H2,(H,27,30)(H,28,31)/t15-,16-/m0/s1. The fraction of sp³-hybridized carbons (Fsp3) is 0.227. The van der Waals surface area contributed by atoms with Gasteiger partial charge in [-0.3, -0.25) is 19.8 Å². The van der Waals surface area contributed by atoms with Crippen LogP contribution in [0.2, 0.25) is 0 Å².